The van der Waals surface area contributed by atoms with Crippen LogP contribution in [0.3, 0.4) is 0 Å². The molecule has 0 unspecified atom stereocenters. The summed E-state index contributed by atoms with van der Waals surface area (Å²) in [6.45, 7) is -0.162. The monoisotopic (exact) mass is 291 g/mol. The molecule has 0 fully saturated rings. The topological polar surface area (TPSA) is 52.4 Å². The van der Waals surface area contributed by atoms with Gasteiger partial charge in [-0.3, -0.25) is 14.5 Å². The first-order valence-corrected chi connectivity index (χ1v) is 5.83. The van der Waals surface area contributed by atoms with Crippen LogP contribution in [-0.4, -0.2) is 18.2 Å². The zero-order valence-corrected chi connectivity index (χ0v) is 10.1. The molecule has 0 spiro atoms. The summed E-state index contributed by atoms with van der Waals surface area (Å²) in [7, 11) is 0. The van der Waals surface area contributed by atoms with Crippen molar-refractivity contribution >= 4 is 21.6 Å². The Morgan fingerprint density at radius 3 is 2.81 bits per heavy atom. The average Bonchev–Trinajstić information content (AvgIpc) is 2.29. The predicted octanol–water partition coefficient (Wildman–Crippen LogP) is 3.23. The summed E-state index contributed by atoms with van der Waals surface area (Å²) in [5.74, 6) is 0.552. The highest BCUT2D eigenvalue weighted by molar-refractivity contribution is 9.08. The van der Waals surface area contributed by atoms with E-state index in [0.717, 1.165) is 0 Å². The Hall–Kier alpha value is -1.17. The van der Waals surface area contributed by atoms with E-state index < -0.39 is 11.6 Å². The zero-order chi connectivity index (χ0) is 12.0. The van der Waals surface area contributed by atoms with Gasteiger partial charge in [0.25, 0.3) is 5.69 Å². The van der Waals surface area contributed by atoms with Crippen LogP contribution in [0.1, 0.15) is 12.0 Å². The second kappa shape index (κ2) is 6.42. The van der Waals surface area contributed by atoms with E-state index in [9.17, 15) is 14.5 Å². The largest absolute Gasteiger partial charge is 0.493 e. The molecule has 0 saturated carbocycles. The third-order valence-electron chi connectivity index (χ3n) is 1.93. The van der Waals surface area contributed by atoms with Crippen LogP contribution in [0.2, 0.25) is 0 Å². The van der Waals surface area contributed by atoms with E-state index in [1.54, 1.807) is 0 Å². The van der Waals surface area contributed by atoms with Crippen molar-refractivity contribution in [3.8, 4) is 5.75 Å². The van der Waals surface area contributed by atoms with Crippen molar-refractivity contribution in [3.63, 3.8) is 0 Å². The summed E-state index contributed by atoms with van der Waals surface area (Å²) in [5, 5.41) is 11.0. The molecule has 0 aliphatic rings. The molecule has 16 heavy (non-hydrogen) atoms. The molecule has 0 aromatic heterocycles. The Balaban J connectivity index is 2.80. The van der Waals surface area contributed by atoms with Gasteiger partial charge in [0, 0.05) is 29.4 Å². The zero-order valence-electron chi connectivity index (χ0n) is 8.49. The fraction of sp³-hybridized carbons (Fsp3) is 0.400. The molecule has 0 heterocycles. The minimum Gasteiger partial charge on any atom is -0.493 e. The molecule has 0 amide bonds. The Morgan fingerprint density at radius 1 is 1.50 bits per heavy atom. The molecule has 0 radical (unpaired) electrons. The fourth-order valence-corrected chi connectivity index (χ4v) is 1.60. The van der Waals surface area contributed by atoms with E-state index in [0.29, 0.717) is 23.1 Å². The summed E-state index contributed by atoms with van der Waals surface area (Å²) >= 11 is 3.22. The number of nitro benzene ring substituents is 1. The molecule has 0 aliphatic carbocycles. The molecule has 1 rings (SSSR count). The number of nitrogens with zero attached hydrogens (tertiary/aromatic N) is 1. The molecule has 0 saturated heterocycles. The first kappa shape index (κ1) is 12.9. The third-order valence-corrected chi connectivity index (χ3v) is 2.54. The number of ether oxygens (including phenoxy) is 1. The van der Waals surface area contributed by atoms with Gasteiger partial charge < -0.3 is 4.74 Å². The van der Waals surface area contributed by atoms with Gasteiger partial charge in [-0.05, 0) is 6.07 Å². The van der Waals surface area contributed by atoms with Crippen molar-refractivity contribution in [1.82, 2.24) is 0 Å². The van der Waals surface area contributed by atoms with Gasteiger partial charge in [0.2, 0.25) is 0 Å². The number of nitro groups is 1. The molecule has 4 nitrogen and oxygen atoms in total. The number of alkyl halides is 2. The van der Waals surface area contributed by atoms with E-state index >= 15 is 0 Å². The highest BCUT2D eigenvalue weighted by Gasteiger charge is 2.10. The van der Waals surface area contributed by atoms with E-state index in [1.165, 1.54) is 18.2 Å². The van der Waals surface area contributed by atoms with Crippen LogP contribution in [0.15, 0.2) is 18.2 Å². The van der Waals surface area contributed by atoms with Crippen LogP contribution in [-0.2, 0) is 5.33 Å². The van der Waals surface area contributed by atoms with Crippen LogP contribution in [0.5, 0.6) is 5.75 Å². The highest BCUT2D eigenvalue weighted by atomic mass is 79.9. The van der Waals surface area contributed by atoms with Gasteiger partial charge in [0.1, 0.15) is 5.75 Å². The van der Waals surface area contributed by atoms with Crippen molar-refractivity contribution in [3.05, 3.63) is 33.9 Å². The van der Waals surface area contributed by atoms with Crippen molar-refractivity contribution < 1.29 is 14.1 Å². The number of hydrogen-bond donors (Lipinski definition) is 0. The van der Waals surface area contributed by atoms with Crippen LogP contribution < -0.4 is 4.74 Å². The van der Waals surface area contributed by atoms with E-state index in [-0.39, 0.29) is 12.3 Å². The highest BCUT2D eigenvalue weighted by Crippen LogP contribution is 2.26. The van der Waals surface area contributed by atoms with E-state index in [1.807, 2.05) is 0 Å². The fourth-order valence-electron chi connectivity index (χ4n) is 1.16. The molecule has 0 N–H and O–H groups in total. The van der Waals surface area contributed by atoms with Crippen LogP contribution in [0.4, 0.5) is 10.1 Å². The summed E-state index contributed by atoms with van der Waals surface area (Å²) in [4.78, 5) is 10.1. The molecule has 6 heteroatoms. The smallest absolute Gasteiger partial charge is 0.270 e. The van der Waals surface area contributed by atoms with E-state index in [4.69, 9.17) is 4.74 Å². The second-order valence-electron chi connectivity index (χ2n) is 3.07. The lowest BCUT2D eigenvalue weighted by Gasteiger charge is -2.08. The van der Waals surface area contributed by atoms with Crippen LogP contribution >= 0.6 is 15.9 Å². The maximum absolute atomic E-state index is 11.9. The third kappa shape index (κ3) is 3.44. The molecule has 88 valence electrons. The van der Waals surface area contributed by atoms with Crippen molar-refractivity contribution in [2.24, 2.45) is 0 Å². The summed E-state index contributed by atoms with van der Waals surface area (Å²) < 4.78 is 17.2. The van der Waals surface area contributed by atoms with Gasteiger partial charge >= 0.3 is 0 Å². The minimum atomic E-state index is -0.461. The average molecular weight is 292 g/mol. The van der Waals surface area contributed by atoms with Crippen molar-refractivity contribution in [2.75, 3.05) is 13.3 Å². The Labute approximate surface area is 101 Å². The van der Waals surface area contributed by atoms with Crippen molar-refractivity contribution in [2.45, 2.75) is 11.8 Å². The SMILES string of the molecule is O=[N+]([O-])c1ccc(OCCCF)c(CBr)c1. The number of halogens is 2. The number of benzene rings is 1. The first-order chi connectivity index (χ1) is 7.69. The standard InChI is InChI=1S/C10H11BrFNO3/c11-7-8-6-9(13(14)15)2-3-10(8)16-5-1-4-12/h2-3,6H,1,4-5,7H2. The summed E-state index contributed by atoms with van der Waals surface area (Å²) in [6.07, 6.45) is 0.318. The Kier molecular flexibility index (Phi) is 5.18. The molecule has 0 atom stereocenters. The maximum Gasteiger partial charge on any atom is 0.270 e. The van der Waals surface area contributed by atoms with Gasteiger partial charge in [-0.1, -0.05) is 15.9 Å². The van der Waals surface area contributed by atoms with E-state index in [2.05, 4.69) is 15.9 Å². The van der Waals surface area contributed by atoms with Crippen molar-refractivity contribution in [1.29, 1.82) is 0 Å². The van der Waals surface area contributed by atoms with Gasteiger partial charge in [-0.25, -0.2) is 0 Å². The molecular formula is C10H11BrFNO3. The van der Waals surface area contributed by atoms with Gasteiger partial charge in [0.05, 0.1) is 18.2 Å². The lowest BCUT2D eigenvalue weighted by Crippen LogP contribution is -2.01. The minimum absolute atomic E-state index is 0.0206. The van der Waals surface area contributed by atoms with Crippen LogP contribution in [0.25, 0.3) is 0 Å². The number of hydrogen-bond acceptors (Lipinski definition) is 3. The molecule has 1 aromatic carbocycles. The summed E-state index contributed by atoms with van der Waals surface area (Å²) in [5.41, 5.74) is 0.709. The predicted molar refractivity (Wildman–Crippen MR) is 61.8 cm³/mol. The number of rotatable bonds is 6. The molecule has 0 aliphatic heterocycles. The van der Waals surface area contributed by atoms with Gasteiger partial charge in [-0.15, -0.1) is 0 Å². The molecular weight excluding hydrogens is 281 g/mol. The lowest BCUT2D eigenvalue weighted by atomic mass is 10.2. The lowest BCUT2D eigenvalue weighted by molar-refractivity contribution is -0.384. The van der Waals surface area contributed by atoms with Gasteiger partial charge in [-0.2, -0.15) is 0 Å². The summed E-state index contributed by atoms with van der Waals surface area (Å²) in [6, 6.07) is 4.35. The maximum atomic E-state index is 11.9. The Bertz CT molecular complexity index is 373. The second-order valence-corrected chi connectivity index (χ2v) is 3.63. The normalized spacial score (nSPS) is 10.1. The quantitative estimate of drug-likeness (QED) is 0.350. The number of non-ortho nitro benzene ring substituents is 1. The Morgan fingerprint density at radius 2 is 2.25 bits per heavy atom. The molecule has 1 aromatic rings. The van der Waals surface area contributed by atoms with Gasteiger partial charge in [0.15, 0.2) is 0 Å². The molecule has 0 bridgehead atoms. The first-order valence-electron chi connectivity index (χ1n) is 4.71. The van der Waals surface area contributed by atoms with Crippen LogP contribution in [0, 0.1) is 10.1 Å².